The summed E-state index contributed by atoms with van der Waals surface area (Å²) < 4.78 is 10.3. The highest BCUT2D eigenvalue weighted by Crippen LogP contribution is 2.27. The summed E-state index contributed by atoms with van der Waals surface area (Å²) in [6.07, 6.45) is 0. The minimum absolute atomic E-state index is 0.0215. The van der Waals surface area contributed by atoms with Crippen molar-refractivity contribution in [2.45, 2.75) is 32.7 Å². The minimum Gasteiger partial charge on any atom is -0.481 e. The molecule has 17 heavy (non-hydrogen) atoms. The van der Waals surface area contributed by atoms with Crippen LogP contribution in [-0.2, 0) is 0 Å². The van der Waals surface area contributed by atoms with Crippen LogP contribution in [0.4, 0.5) is 0 Å². The number of hydrogen-bond acceptors (Lipinski definition) is 5. The summed E-state index contributed by atoms with van der Waals surface area (Å²) in [6.45, 7) is 6.16. The SMILES string of the molecule is COc1cc(OC)nc(C(C(C)C)C(C)N)n1. The van der Waals surface area contributed by atoms with Gasteiger partial charge in [-0.15, -0.1) is 0 Å². The van der Waals surface area contributed by atoms with E-state index in [0.717, 1.165) is 0 Å². The molecule has 0 radical (unpaired) electrons. The Hall–Kier alpha value is -1.36. The van der Waals surface area contributed by atoms with Crippen LogP contribution < -0.4 is 15.2 Å². The number of methoxy groups -OCH3 is 2. The van der Waals surface area contributed by atoms with Gasteiger partial charge in [-0.2, -0.15) is 9.97 Å². The molecular weight excluding hydrogens is 218 g/mol. The predicted octanol–water partition coefficient (Wildman–Crippen LogP) is 1.58. The molecule has 96 valence electrons. The van der Waals surface area contributed by atoms with Crippen molar-refractivity contribution < 1.29 is 9.47 Å². The number of rotatable bonds is 5. The fraction of sp³-hybridized carbons (Fsp3) is 0.667. The van der Waals surface area contributed by atoms with E-state index in [4.69, 9.17) is 15.2 Å². The van der Waals surface area contributed by atoms with E-state index in [1.54, 1.807) is 20.3 Å². The molecule has 1 aromatic rings. The molecule has 2 N–H and O–H groups in total. The first-order valence-corrected chi connectivity index (χ1v) is 5.72. The molecule has 0 fully saturated rings. The molecule has 1 aromatic heterocycles. The maximum absolute atomic E-state index is 5.99. The molecule has 0 aliphatic heterocycles. The lowest BCUT2D eigenvalue weighted by Gasteiger charge is -2.23. The number of nitrogens with zero attached hydrogens (tertiary/aromatic N) is 2. The molecule has 0 saturated carbocycles. The average molecular weight is 239 g/mol. The van der Waals surface area contributed by atoms with E-state index in [1.165, 1.54) is 0 Å². The van der Waals surface area contributed by atoms with Gasteiger partial charge < -0.3 is 15.2 Å². The Labute approximate surface area is 102 Å². The largest absolute Gasteiger partial charge is 0.481 e. The van der Waals surface area contributed by atoms with Crippen LogP contribution in [-0.4, -0.2) is 30.2 Å². The van der Waals surface area contributed by atoms with Gasteiger partial charge in [-0.3, -0.25) is 0 Å². The standard InChI is InChI=1S/C12H21N3O2/c1-7(2)11(8(3)13)12-14-9(16-4)6-10(15-12)17-5/h6-8,11H,13H2,1-5H3. The van der Waals surface area contributed by atoms with Gasteiger partial charge >= 0.3 is 0 Å². The van der Waals surface area contributed by atoms with Crippen molar-refractivity contribution in [3.05, 3.63) is 11.9 Å². The van der Waals surface area contributed by atoms with Crippen LogP contribution in [0.3, 0.4) is 0 Å². The first-order valence-electron chi connectivity index (χ1n) is 5.72. The molecule has 5 nitrogen and oxygen atoms in total. The van der Waals surface area contributed by atoms with Gasteiger partial charge in [-0.1, -0.05) is 13.8 Å². The van der Waals surface area contributed by atoms with Gasteiger partial charge in [-0.25, -0.2) is 0 Å². The van der Waals surface area contributed by atoms with Gasteiger partial charge in [0, 0.05) is 12.0 Å². The predicted molar refractivity (Wildman–Crippen MR) is 66.4 cm³/mol. The zero-order valence-corrected chi connectivity index (χ0v) is 11.1. The summed E-state index contributed by atoms with van der Waals surface area (Å²) in [5.41, 5.74) is 5.99. The molecule has 0 bridgehead atoms. The monoisotopic (exact) mass is 239 g/mol. The fourth-order valence-electron chi connectivity index (χ4n) is 1.92. The summed E-state index contributed by atoms with van der Waals surface area (Å²) in [4.78, 5) is 8.70. The van der Waals surface area contributed by atoms with Crippen LogP contribution in [0.2, 0.25) is 0 Å². The molecule has 0 amide bonds. The lowest BCUT2D eigenvalue weighted by atomic mass is 9.89. The van der Waals surface area contributed by atoms with Crippen molar-refractivity contribution in [2.24, 2.45) is 11.7 Å². The average Bonchev–Trinajstić information content (AvgIpc) is 2.27. The number of nitrogens with two attached hydrogens (primary N) is 1. The zero-order valence-electron chi connectivity index (χ0n) is 11.1. The molecule has 2 atom stereocenters. The quantitative estimate of drug-likeness (QED) is 0.844. The van der Waals surface area contributed by atoms with Crippen molar-refractivity contribution in [3.8, 4) is 11.8 Å². The molecule has 2 unspecified atom stereocenters. The van der Waals surface area contributed by atoms with Crippen LogP contribution in [0.15, 0.2) is 6.07 Å². The third-order valence-electron chi connectivity index (χ3n) is 2.70. The Morgan fingerprint density at radius 1 is 1.06 bits per heavy atom. The first kappa shape index (κ1) is 13.7. The highest BCUT2D eigenvalue weighted by Gasteiger charge is 2.24. The summed E-state index contributed by atoms with van der Waals surface area (Å²) in [6, 6.07) is 1.63. The Morgan fingerprint density at radius 3 is 1.82 bits per heavy atom. The summed E-state index contributed by atoms with van der Waals surface area (Å²) >= 11 is 0. The van der Waals surface area contributed by atoms with E-state index in [9.17, 15) is 0 Å². The normalized spacial score (nSPS) is 14.5. The Morgan fingerprint density at radius 2 is 1.53 bits per heavy atom. The highest BCUT2D eigenvalue weighted by molar-refractivity contribution is 5.22. The number of ether oxygens (including phenoxy) is 2. The smallest absolute Gasteiger partial charge is 0.220 e. The molecule has 1 heterocycles. The molecule has 5 heteroatoms. The van der Waals surface area contributed by atoms with Gasteiger partial charge in [0.25, 0.3) is 0 Å². The third-order valence-corrected chi connectivity index (χ3v) is 2.70. The summed E-state index contributed by atoms with van der Waals surface area (Å²) in [7, 11) is 3.14. The molecule has 0 saturated heterocycles. The second-order valence-electron chi connectivity index (χ2n) is 4.44. The topological polar surface area (TPSA) is 70.3 Å². The Balaban J connectivity index is 3.17. The molecule has 0 aromatic carbocycles. The van der Waals surface area contributed by atoms with Crippen LogP contribution in [0.1, 0.15) is 32.5 Å². The van der Waals surface area contributed by atoms with E-state index < -0.39 is 0 Å². The van der Waals surface area contributed by atoms with Crippen molar-refractivity contribution >= 4 is 0 Å². The van der Waals surface area contributed by atoms with Crippen LogP contribution in [0.5, 0.6) is 11.8 Å². The molecule has 1 rings (SSSR count). The van der Waals surface area contributed by atoms with Crippen LogP contribution in [0.25, 0.3) is 0 Å². The van der Waals surface area contributed by atoms with E-state index in [2.05, 4.69) is 23.8 Å². The van der Waals surface area contributed by atoms with Gasteiger partial charge in [0.05, 0.1) is 20.3 Å². The van der Waals surface area contributed by atoms with Gasteiger partial charge in [0.1, 0.15) is 5.82 Å². The van der Waals surface area contributed by atoms with Gasteiger partial charge in [0.2, 0.25) is 11.8 Å². The van der Waals surface area contributed by atoms with E-state index in [0.29, 0.717) is 23.5 Å². The summed E-state index contributed by atoms with van der Waals surface area (Å²) in [5.74, 6) is 2.10. The lowest BCUT2D eigenvalue weighted by Crippen LogP contribution is -2.30. The molecule has 0 spiro atoms. The zero-order chi connectivity index (χ0) is 13.0. The second-order valence-corrected chi connectivity index (χ2v) is 4.44. The third kappa shape index (κ3) is 3.30. The minimum atomic E-state index is -0.0215. The van der Waals surface area contributed by atoms with Crippen molar-refractivity contribution in [3.63, 3.8) is 0 Å². The van der Waals surface area contributed by atoms with Gasteiger partial charge in [-0.05, 0) is 12.8 Å². The second kappa shape index (κ2) is 5.82. The molecule has 0 aliphatic rings. The van der Waals surface area contributed by atoms with E-state index in [-0.39, 0.29) is 12.0 Å². The van der Waals surface area contributed by atoms with Crippen molar-refractivity contribution in [1.29, 1.82) is 0 Å². The molecular formula is C12H21N3O2. The maximum Gasteiger partial charge on any atom is 0.220 e. The van der Waals surface area contributed by atoms with Crippen molar-refractivity contribution in [1.82, 2.24) is 9.97 Å². The molecule has 0 aliphatic carbocycles. The van der Waals surface area contributed by atoms with Gasteiger partial charge in [0.15, 0.2) is 0 Å². The number of hydrogen-bond donors (Lipinski definition) is 1. The van der Waals surface area contributed by atoms with Crippen molar-refractivity contribution in [2.75, 3.05) is 14.2 Å². The Bertz CT molecular complexity index is 337. The van der Waals surface area contributed by atoms with Crippen LogP contribution >= 0.6 is 0 Å². The highest BCUT2D eigenvalue weighted by atomic mass is 16.5. The lowest BCUT2D eigenvalue weighted by molar-refractivity contribution is 0.352. The maximum atomic E-state index is 5.99. The Kier molecular flexibility index (Phi) is 4.69. The first-order chi connectivity index (χ1) is 7.99. The van der Waals surface area contributed by atoms with E-state index >= 15 is 0 Å². The van der Waals surface area contributed by atoms with E-state index in [1.807, 2.05) is 6.92 Å². The fourth-order valence-corrected chi connectivity index (χ4v) is 1.92. The number of aromatic nitrogens is 2. The summed E-state index contributed by atoms with van der Waals surface area (Å²) in [5, 5.41) is 0. The van der Waals surface area contributed by atoms with Crippen LogP contribution in [0, 0.1) is 5.92 Å².